The molecule has 2 heteroatoms. The average molecular weight is 266 g/mol. The Morgan fingerprint density at radius 2 is 1.68 bits per heavy atom. The van der Waals surface area contributed by atoms with E-state index in [0.29, 0.717) is 5.54 Å². The van der Waals surface area contributed by atoms with E-state index in [4.69, 9.17) is 0 Å². The van der Waals surface area contributed by atoms with Gasteiger partial charge in [0.15, 0.2) is 0 Å². The maximum Gasteiger partial charge on any atom is 0.0249 e. The average Bonchev–Trinajstić information content (AvgIpc) is 3.25. The Morgan fingerprint density at radius 1 is 1.11 bits per heavy atom. The molecule has 1 aliphatic heterocycles. The highest BCUT2D eigenvalue weighted by Crippen LogP contribution is 2.39. The van der Waals surface area contributed by atoms with Crippen LogP contribution in [0.1, 0.15) is 66.7 Å². The number of hydrogen-bond acceptors (Lipinski definition) is 2. The first kappa shape index (κ1) is 15.3. The first-order valence-corrected chi connectivity index (χ1v) is 8.58. The van der Waals surface area contributed by atoms with E-state index in [-0.39, 0.29) is 0 Å². The first-order valence-electron chi connectivity index (χ1n) is 8.58. The van der Waals surface area contributed by atoms with Gasteiger partial charge in [-0.2, -0.15) is 0 Å². The molecule has 0 radical (unpaired) electrons. The zero-order valence-electron chi connectivity index (χ0n) is 13.7. The predicted molar refractivity (Wildman–Crippen MR) is 83.5 cm³/mol. The Hall–Kier alpha value is -0.0800. The normalized spacial score (nSPS) is 30.0. The van der Waals surface area contributed by atoms with E-state index < -0.39 is 0 Å². The highest BCUT2D eigenvalue weighted by Gasteiger charge is 2.44. The van der Waals surface area contributed by atoms with Gasteiger partial charge in [-0.25, -0.2) is 0 Å². The molecule has 2 unspecified atom stereocenters. The van der Waals surface area contributed by atoms with Crippen molar-refractivity contribution in [1.82, 2.24) is 10.2 Å². The molecular formula is C17H34N2. The van der Waals surface area contributed by atoms with Gasteiger partial charge in [-0.15, -0.1) is 0 Å². The minimum atomic E-state index is 0.435. The summed E-state index contributed by atoms with van der Waals surface area (Å²) in [6.07, 6.45) is 6.78. The molecule has 2 nitrogen and oxygen atoms in total. The van der Waals surface area contributed by atoms with Gasteiger partial charge in [0.2, 0.25) is 0 Å². The third-order valence-corrected chi connectivity index (χ3v) is 5.93. The van der Waals surface area contributed by atoms with Crippen LogP contribution in [0.2, 0.25) is 0 Å². The largest absolute Gasteiger partial charge is 0.311 e. The van der Waals surface area contributed by atoms with Crippen LogP contribution in [0.5, 0.6) is 0 Å². The molecule has 2 rings (SSSR count). The van der Waals surface area contributed by atoms with Crippen molar-refractivity contribution in [3.8, 4) is 0 Å². The number of nitrogens with one attached hydrogen (secondary N) is 1. The molecule has 19 heavy (non-hydrogen) atoms. The van der Waals surface area contributed by atoms with Crippen LogP contribution in [0.25, 0.3) is 0 Å². The van der Waals surface area contributed by atoms with E-state index in [0.717, 1.165) is 23.9 Å². The topological polar surface area (TPSA) is 15.3 Å². The number of hydrogen-bond donors (Lipinski definition) is 1. The van der Waals surface area contributed by atoms with E-state index in [1.165, 1.54) is 45.2 Å². The fourth-order valence-corrected chi connectivity index (χ4v) is 4.11. The van der Waals surface area contributed by atoms with Crippen LogP contribution in [0.15, 0.2) is 0 Å². The Bertz CT molecular complexity index is 271. The highest BCUT2D eigenvalue weighted by molar-refractivity contribution is 5.01. The summed E-state index contributed by atoms with van der Waals surface area (Å²) in [5.41, 5.74) is 0.435. The summed E-state index contributed by atoms with van der Waals surface area (Å²) in [5, 5.41) is 3.85. The molecule has 1 saturated heterocycles. The van der Waals surface area contributed by atoms with Crippen molar-refractivity contribution in [3.63, 3.8) is 0 Å². The van der Waals surface area contributed by atoms with E-state index in [1.54, 1.807) is 0 Å². The number of nitrogens with zero attached hydrogens (tertiary/aromatic N) is 1. The monoisotopic (exact) mass is 266 g/mol. The predicted octanol–water partition coefficient (Wildman–Crippen LogP) is 3.66. The molecule has 2 atom stereocenters. The zero-order chi connectivity index (χ0) is 14.0. The summed E-state index contributed by atoms with van der Waals surface area (Å²) < 4.78 is 0. The molecular weight excluding hydrogens is 232 g/mol. The fraction of sp³-hybridized carbons (Fsp3) is 1.00. The molecule has 0 aromatic carbocycles. The number of rotatable bonds is 6. The minimum absolute atomic E-state index is 0.435. The maximum absolute atomic E-state index is 3.85. The lowest BCUT2D eigenvalue weighted by Crippen LogP contribution is -2.65. The Kier molecular flexibility index (Phi) is 4.94. The van der Waals surface area contributed by atoms with Gasteiger partial charge in [-0.1, -0.05) is 34.6 Å². The molecule has 2 fully saturated rings. The Labute approximate surface area is 120 Å². The second kappa shape index (κ2) is 6.13. The lowest BCUT2D eigenvalue weighted by molar-refractivity contribution is -0.0201. The van der Waals surface area contributed by atoms with Crippen molar-refractivity contribution in [3.05, 3.63) is 0 Å². The van der Waals surface area contributed by atoms with Crippen molar-refractivity contribution < 1.29 is 0 Å². The van der Waals surface area contributed by atoms with Crippen LogP contribution in [-0.2, 0) is 0 Å². The third-order valence-electron chi connectivity index (χ3n) is 5.93. The first-order chi connectivity index (χ1) is 9.07. The summed E-state index contributed by atoms with van der Waals surface area (Å²) in [5.74, 6) is 1.72. The Morgan fingerprint density at radius 3 is 2.11 bits per heavy atom. The van der Waals surface area contributed by atoms with Crippen LogP contribution in [0, 0.1) is 11.8 Å². The van der Waals surface area contributed by atoms with Gasteiger partial charge in [-0.05, 0) is 43.9 Å². The van der Waals surface area contributed by atoms with Crippen LogP contribution >= 0.6 is 0 Å². The van der Waals surface area contributed by atoms with Gasteiger partial charge in [0, 0.05) is 30.7 Å². The van der Waals surface area contributed by atoms with Gasteiger partial charge < -0.3 is 5.32 Å². The number of piperazine rings is 1. The lowest BCUT2D eigenvalue weighted by atomic mass is 9.82. The van der Waals surface area contributed by atoms with Gasteiger partial charge in [0.25, 0.3) is 0 Å². The van der Waals surface area contributed by atoms with E-state index in [2.05, 4.69) is 44.8 Å². The van der Waals surface area contributed by atoms with Crippen molar-refractivity contribution in [2.24, 2.45) is 11.8 Å². The van der Waals surface area contributed by atoms with Crippen molar-refractivity contribution >= 4 is 0 Å². The maximum atomic E-state index is 3.85. The van der Waals surface area contributed by atoms with Gasteiger partial charge in [0.1, 0.15) is 0 Å². The van der Waals surface area contributed by atoms with Gasteiger partial charge >= 0.3 is 0 Å². The second-order valence-corrected chi connectivity index (χ2v) is 7.10. The van der Waals surface area contributed by atoms with Crippen LogP contribution in [0.4, 0.5) is 0 Å². The van der Waals surface area contributed by atoms with Crippen LogP contribution < -0.4 is 5.32 Å². The molecule has 0 bridgehead atoms. The SMILES string of the molecule is CCC(CC)(CC)N1CC(C2CC2)NCC1C(C)C. The van der Waals surface area contributed by atoms with Gasteiger partial charge in [-0.3, -0.25) is 4.90 Å². The van der Waals surface area contributed by atoms with Crippen LogP contribution in [-0.4, -0.2) is 35.6 Å². The van der Waals surface area contributed by atoms with Crippen LogP contribution in [0.3, 0.4) is 0 Å². The molecule has 0 aromatic heterocycles. The van der Waals surface area contributed by atoms with Crippen molar-refractivity contribution in [2.45, 2.75) is 84.3 Å². The van der Waals surface area contributed by atoms with E-state index in [1.807, 2.05) is 0 Å². The summed E-state index contributed by atoms with van der Waals surface area (Å²) >= 11 is 0. The molecule has 0 amide bonds. The molecule has 2 aliphatic rings. The molecule has 1 aliphatic carbocycles. The van der Waals surface area contributed by atoms with Crippen molar-refractivity contribution in [2.75, 3.05) is 13.1 Å². The molecule has 1 N–H and O–H groups in total. The molecule has 112 valence electrons. The fourth-order valence-electron chi connectivity index (χ4n) is 4.11. The Balaban J connectivity index is 2.17. The van der Waals surface area contributed by atoms with Gasteiger partial charge in [0.05, 0.1) is 0 Å². The molecule has 0 aromatic rings. The summed E-state index contributed by atoms with van der Waals surface area (Å²) in [6, 6.07) is 1.48. The molecule has 1 heterocycles. The smallest absolute Gasteiger partial charge is 0.0249 e. The molecule has 1 saturated carbocycles. The summed E-state index contributed by atoms with van der Waals surface area (Å²) in [6.45, 7) is 14.4. The van der Waals surface area contributed by atoms with Crippen molar-refractivity contribution in [1.29, 1.82) is 0 Å². The summed E-state index contributed by atoms with van der Waals surface area (Å²) in [7, 11) is 0. The van der Waals surface area contributed by atoms with E-state index in [9.17, 15) is 0 Å². The lowest BCUT2D eigenvalue weighted by Gasteiger charge is -2.53. The summed E-state index contributed by atoms with van der Waals surface area (Å²) in [4.78, 5) is 2.90. The third kappa shape index (κ3) is 3.00. The minimum Gasteiger partial charge on any atom is -0.311 e. The molecule has 0 spiro atoms. The second-order valence-electron chi connectivity index (χ2n) is 7.10. The zero-order valence-corrected chi connectivity index (χ0v) is 13.7. The highest BCUT2D eigenvalue weighted by atomic mass is 15.3. The van der Waals surface area contributed by atoms with E-state index >= 15 is 0 Å². The standard InChI is InChI=1S/C17H34N2/c1-6-17(7-2,8-3)19-12-15(14-9-10-14)18-11-16(19)13(4)5/h13-16,18H,6-12H2,1-5H3. The quantitative estimate of drug-likeness (QED) is 0.789.